The normalized spacial score (nSPS) is 13.3. The Morgan fingerprint density at radius 3 is 1.67 bits per heavy atom. The third-order valence-corrected chi connectivity index (χ3v) is 4.59. The van der Waals surface area contributed by atoms with Crippen molar-refractivity contribution in [3.05, 3.63) is 0 Å². The lowest BCUT2D eigenvalue weighted by atomic mass is 10.1. The van der Waals surface area contributed by atoms with E-state index in [9.17, 15) is 9.90 Å². The molecule has 3 nitrogen and oxygen atoms in total. The largest absolute Gasteiger partial charge is 0.544 e. The lowest BCUT2D eigenvalue weighted by molar-refractivity contribution is -0.908. The first-order valence-corrected chi connectivity index (χ1v) is 8.99. The molecule has 0 aromatic rings. The molecule has 0 rings (SSSR count). The molecule has 21 heavy (non-hydrogen) atoms. The van der Waals surface area contributed by atoms with E-state index in [4.69, 9.17) is 0 Å². The van der Waals surface area contributed by atoms with Gasteiger partial charge in [0.15, 0.2) is 0 Å². The molecule has 3 heteroatoms. The van der Waals surface area contributed by atoms with E-state index < -0.39 is 5.97 Å². The van der Waals surface area contributed by atoms with Gasteiger partial charge in [0.25, 0.3) is 0 Å². The second-order valence-corrected chi connectivity index (χ2v) is 6.93. The number of carboxylic acids is 1. The molecule has 0 heterocycles. The van der Waals surface area contributed by atoms with Crippen molar-refractivity contribution in [2.24, 2.45) is 0 Å². The summed E-state index contributed by atoms with van der Waals surface area (Å²) in [4.78, 5) is 11.1. The predicted molar refractivity (Wildman–Crippen MR) is 87.9 cm³/mol. The van der Waals surface area contributed by atoms with Crippen molar-refractivity contribution < 1.29 is 14.4 Å². The van der Waals surface area contributed by atoms with Crippen LogP contribution in [0.1, 0.15) is 84.5 Å². The van der Waals surface area contributed by atoms with Gasteiger partial charge in [-0.05, 0) is 12.8 Å². The number of rotatable bonds is 14. The van der Waals surface area contributed by atoms with Crippen LogP contribution >= 0.6 is 0 Å². The lowest BCUT2D eigenvalue weighted by Gasteiger charge is -2.38. The van der Waals surface area contributed by atoms with E-state index in [-0.39, 0.29) is 6.04 Å². The fraction of sp³-hybridized carbons (Fsp3) is 0.944. The van der Waals surface area contributed by atoms with E-state index in [0.29, 0.717) is 10.9 Å². The fourth-order valence-electron chi connectivity index (χ4n) is 3.11. The van der Waals surface area contributed by atoms with Crippen molar-refractivity contribution in [2.75, 3.05) is 20.6 Å². The summed E-state index contributed by atoms with van der Waals surface area (Å²) >= 11 is 0. The van der Waals surface area contributed by atoms with Crippen molar-refractivity contribution in [2.45, 2.75) is 90.5 Å². The molecule has 0 saturated heterocycles. The smallest absolute Gasteiger partial charge is 0.128 e. The summed E-state index contributed by atoms with van der Waals surface area (Å²) in [6.07, 6.45) is 13.8. The van der Waals surface area contributed by atoms with Gasteiger partial charge < -0.3 is 14.4 Å². The highest BCUT2D eigenvalue weighted by Gasteiger charge is 2.27. The molecular weight excluding hydrogens is 262 g/mol. The number of hydrogen-bond donors (Lipinski definition) is 0. The second kappa shape index (κ2) is 12.0. The van der Waals surface area contributed by atoms with Crippen LogP contribution in [0.4, 0.5) is 0 Å². The third-order valence-electron chi connectivity index (χ3n) is 4.59. The van der Waals surface area contributed by atoms with Gasteiger partial charge >= 0.3 is 0 Å². The van der Waals surface area contributed by atoms with Gasteiger partial charge in [-0.2, -0.15) is 0 Å². The number of hydrogen-bond acceptors (Lipinski definition) is 2. The Morgan fingerprint density at radius 1 is 0.857 bits per heavy atom. The van der Waals surface area contributed by atoms with Crippen LogP contribution in [0.3, 0.4) is 0 Å². The number of aliphatic carboxylic acids is 1. The van der Waals surface area contributed by atoms with Gasteiger partial charge in [0.05, 0.1) is 26.6 Å². The van der Waals surface area contributed by atoms with E-state index in [1.807, 2.05) is 21.0 Å². The maximum absolute atomic E-state index is 11.1. The van der Waals surface area contributed by atoms with Crippen molar-refractivity contribution in [1.29, 1.82) is 0 Å². The molecule has 0 aromatic heterocycles. The molecule has 1 atom stereocenters. The summed E-state index contributed by atoms with van der Waals surface area (Å²) in [6, 6.07) is -0.372. The minimum atomic E-state index is -0.908. The number of unbranched alkanes of at least 4 members (excludes halogenated alkanes) is 9. The Morgan fingerprint density at radius 2 is 1.29 bits per heavy atom. The monoisotopic (exact) mass is 299 g/mol. The molecule has 126 valence electrons. The van der Waals surface area contributed by atoms with Crippen molar-refractivity contribution in [3.63, 3.8) is 0 Å². The Hall–Kier alpha value is -0.570. The van der Waals surface area contributed by atoms with Gasteiger partial charge in [-0.3, -0.25) is 0 Å². The molecule has 0 spiro atoms. The number of quaternary nitrogens is 1. The molecule has 0 aliphatic carbocycles. The van der Waals surface area contributed by atoms with Crippen molar-refractivity contribution in [3.8, 4) is 0 Å². The Kier molecular flexibility index (Phi) is 11.7. The average Bonchev–Trinajstić information content (AvgIpc) is 2.40. The molecule has 0 fully saturated rings. The topological polar surface area (TPSA) is 40.1 Å². The third kappa shape index (κ3) is 9.89. The zero-order valence-electron chi connectivity index (χ0n) is 14.8. The standard InChI is InChI=1S/C18H37NO2/c1-5-7-8-9-10-11-12-13-14-15-16-19(3,4)17(6-2)18(20)21/h17H,5-16H2,1-4H3. The molecule has 0 saturated carbocycles. The number of carbonyl (C=O) groups is 1. The first kappa shape index (κ1) is 20.4. The number of carbonyl (C=O) groups excluding carboxylic acids is 1. The summed E-state index contributed by atoms with van der Waals surface area (Å²) in [5, 5.41) is 11.1. The van der Waals surface area contributed by atoms with Crippen LogP contribution in [-0.2, 0) is 4.79 Å². The van der Waals surface area contributed by atoms with Crippen molar-refractivity contribution >= 4 is 5.97 Å². The van der Waals surface area contributed by atoms with Crippen LogP contribution < -0.4 is 5.11 Å². The summed E-state index contributed by atoms with van der Waals surface area (Å²) < 4.78 is 0.551. The predicted octanol–water partition coefficient (Wildman–Crippen LogP) is 3.51. The van der Waals surface area contributed by atoms with E-state index in [1.165, 1.54) is 57.8 Å². The van der Waals surface area contributed by atoms with Gasteiger partial charge in [-0.25, -0.2) is 0 Å². The summed E-state index contributed by atoms with van der Waals surface area (Å²) in [5.41, 5.74) is 0. The van der Waals surface area contributed by atoms with Crippen LogP contribution in [0.5, 0.6) is 0 Å². The molecule has 0 N–H and O–H groups in total. The van der Waals surface area contributed by atoms with Gasteiger partial charge in [0.2, 0.25) is 0 Å². The zero-order valence-corrected chi connectivity index (χ0v) is 14.8. The molecular formula is C18H37NO2. The minimum Gasteiger partial charge on any atom is -0.544 e. The summed E-state index contributed by atoms with van der Waals surface area (Å²) in [7, 11) is 4.02. The Bertz CT molecular complexity index is 264. The average molecular weight is 299 g/mol. The van der Waals surface area contributed by atoms with E-state index in [1.54, 1.807) is 0 Å². The van der Waals surface area contributed by atoms with Crippen molar-refractivity contribution in [1.82, 2.24) is 0 Å². The van der Waals surface area contributed by atoms with Crippen LogP contribution in [0.2, 0.25) is 0 Å². The molecule has 0 aliphatic rings. The molecule has 0 aliphatic heterocycles. The van der Waals surface area contributed by atoms with E-state index in [0.717, 1.165) is 13.0 Å². The summed E-state index contributed by atoms with van der Waals surface area (Å²) in [6.45, 7) is 5.12. The Balaban J connectivity index is 3.59. The molecule has 0 bridgehead atoms. The minimum absolute atomic E-state index is 0.372. The first-order chi connectivity index (χ1) is 9.95. The quantitative estimate of drug-likeness (QED) is 0.364. The number of nitrogens with zero attached hydrogens (tertiary/aromatic N) is 1. The lowest BCUT2D eigenvalue weighted by Crippen LogP contribution is -2.57. The highest BCUT2D eigenvalue weighted by atomic mass is 16.4. The van der Waals surface area contributed by atoms with E-state index >= 15 is 0 Å². The SMILES string of the molecule is CCCCCCCCCCCC[N+](C)(C)C(CC)C(=O)[O-]. The van der Waals surface area contributed by atoms with Crippen LogP contribution in [0.15, 0.2) is 0 Å². The van der Waals surface area contributed by atoms with Crippen LogP contribution in [-0.4, -0.2) is 37.1 Å². The first-order valence-electron chi connectivity index (χ1n) is 8.99. The molecule has 0 radical (unpaired) electrons. The van der Waals surface area contributed by atoms with Gasteiger partial charge in [0.1, 0.15) is 6.04 Å². The van der Waals surface area contributed by atoms with Gasteiger partial charge in [-0.1, -0.05) is 65.2 Å². The second-order valence-electron chi connectivity index (χ2n) is 6.93. The number of likely N-dealkylation sites (N-methyl/N-ethyl adjacent to an activating group) is 1. The highest BCUT2D eigenvalue weighted by Crippen LogP contribution is 2.14. The Labute approximate surface area is 132 Å². The fourth-order valence-corrected chi connectivity index (χ4v) is 3.11. The zero-order chi connectivity index (χ0) is 16.1. The van der Waals surface area contributed by atoms with Gasteiger partial charge in [0, 0.05) is 6.42 Å². The molecule has 0 aromatic carbocycles. The maximum Gasteiger partial charge on any atom is 0.128 e. The van der Waals surface area contributed by atoms with Crippen LogP contribution in [0, 0.1) is 0 Å². The number of carboxylic acid groups (broad SMARTS) is 1. The van der Waals surface area contributed by atoms with Gasteiger partial charge in [-0.15, -0.1) is 0 Å². The molecule has 1 unspecified atom stereocenters. The van der Waals surface area contributed by atoms with E-state index in [2.05, 4.69) is 6.92 Å². The molecule has 0 amide bonds. The van der Waals surface area contributed by atoms with Crippen LogP contribution in [0.25, 0.3) is 0 Å². The maximum atomic E-state index is 11.1. The summed E-state index contributed by atoms with van der Waals surface area (Å²) in [5.74, 6) is -0.908. The highest BCUT2D eigenvalue weighted by molar-refractivity contribution is 5.69.